The van der Waals surface area contributed by atoms with Crippen LogP contribution in [0.1, 0.15) is 33.1 Å². The van der Waals surface area contributed by atoms with E-state index in [1.807, 2.05) is 0 Å². The number of aliphatic hydroxyl groups is 1. The van der Waals surface area contributed by atoms with Crippen LogP contribution in [0.4, 0.5) is 0 Å². The summed E-state index contributed by atoms with van der Waals surface area (Å²) in [4.78, 5) is 0. The SMILES string of the molecule is CC(C)[C@H]1O[C@@]2(CCCO2)C[C@H]1O. The predicted molar refractivity (Wildman–Crippen MR) is 48.3 cm³/mol. The van der Waals surface area contributed by atoms with Crippen LogP contribution in [-0.2, 0) is 9.47 Å². The highest BCUT2D eigenvalue weighted by Crippen LogP contribution is 2.41. The lowest BCUT2D eigenvalue weighted by molar-refractivity contribution is -0.205. The van der Waals surface area contributed by atoms with Crippen LogP contribution >= 0.6 is 0 Å². The number of ether oxygens (including phenoxy) is 2. The topological polar surface area (TPSA) is 38.7 Å². The molecule has 3 atom stereocenters. The standard InChI is InChI=1S/C10H18O3/c1-7(2)9-8(11)6-10(13-9)4-3-5-12-10/h7-9,11H,3-6H2,1-2H3/t8-,9-,10+/m1/s1. The van der Waals surface area contributed by atoms with Gasteiger partial charge in [0.1, 0.15) is 0 Å². The van der Waals surface area contributed by atoms with Crippen molar-refractivity contribution >= 4 is 0 Å². The fourth-order valence-corrected chi connectivity index (χ4v) is 2.32. The number of aliphatic hydroxyl groups excluding tert-OH is 1. The third-order valence-electron chi connectivity index (χ3n) is 2.97. The van der Waals surface area contributed by atoms with Crippen molar-refractivity contribution in [2.45, 2.75) is 51.1 Å². The maximum Gasteiger partial charge on any atom is 0.171 e. The fourth-order valence-electron chi connectivity index (χ4n) is 2.32. The van der Waals surface area contributed by atoms with Gasteiger partial charge in [0.05, 0.1) is 18.8 Å². The predicted octanol–water partition coefficient (Wildman–Crippen LogP) is 1.30. The smallest absolute Gasteiger partial charge is 0.171 e. The van der Waals surface area contributed by atoms with Gasteiger partial charge in [-0.05, 0) is 12.3 Å². The van der Waals surface area contributed by atoms with Crippen LogP contribution in [0.25, 0.3) is 0 Å². The van der Waals surface area contributed by atoms with Gasteiger partial charge in [0.2, 0.25) is 0 Å². The second-order valence-electron chi connectivity index (χ2n) is 4.46. The van der Waals surface area contributed by atoms with E-state index in [9.17, 15) is 5.11 Å². The van der Waals surface area contributed by atoms with E-state index in [0.717, 1.165) is 19.4 Å². The molecule has 2 aliphatic heterocycles. The van der Waals surface area contributed by atoms with Crippen molar-refractivity contribution < 1.29 is 14.6 Å². The molecule has 0 amide bonds. The summed E-state index contributed by atoms with van der Waals surface area (Å²) in [6, 6.07) is 0. The summed E-state index contributed by atoms with van der Waals surface area (Å²) >= 11 is 0. The van der Waals surface area contributed by atoms with Crippen molar-refractivity contribution in [1.82, 2.24) is 0 Å². The Labute approximate surface area is 79.0 Å². The molecule has 2 fully saturated rings. The molecule has 13 heavy (non-hydrogen) atoms. The lowest BCUT2D eigenvalue weighted by atomic mass is 10.00. The van der Waals surface area contributed by atoms with Crippen LogP contribution in [0.15, 0.2) is 0 Å². The summed E-state index contributed by atoms with van der Waals surface area (Å²) in [6.07, 6.45) is 2.25. The van der Waals surface area contributed by atoms with Crippen LogP contribution < -0.4 is 0 Å². The number of hydrogen-bond acceptors (Lipinski definition) is 3. The first-order valence-corrected chi connectivity index (χ1v) is 5.13. The Morgan fingerprint density at radius 1 is 1.46 bits per heavy atom. The summed E-state index contributed by atoms with van der Waals surface area (Å²) in [7, 11) is 0. The fraction of sp³-hybridized carbons (Fsp3) is 1.00. The van der Waals surface area contributed by atoms with Gasteiger partial charge >= 0.3 is 0 Å². The van der Waals surface area contributed by atoms with Crippen molar-refractivity contribution in [1.29, 1.82) is 0 Å². The van der Waals surface area contributed by atoms with E-state index in [-0.39, 0.29) is 12.2 Å². The largest absolute Gasteiger partial charge is 0.390 e. The molecule has 2 heterocycles. The molecule has 2 saturated heterocycles. The third-order valence-corrected chi connectivity index (χ3v) is 2.97. The normalized spacial score (nSPS) is 45.2. The Balaban J connectivity index is 2.05. The van der Waals surface area contributed by atoms with Crippen molar-refractivity contribution in [2.24, 2.45) is 5.92 Å². The minimum absolute atomic E-state index is 0.0434. The van der Waals surface area contributed by atoms with Crippen molar-refractivity contribution in [3.63, 3.8) is 0 Å². The van der Waals surface area contributed by atoms with E-state index >= 15 is 0 Å². The second kappa shape index (κ2) is 3.23. The van der Waals surface area contributed by atoms with Gasteiger partial charge in [0.15, 0.2) is 5.79 Å². The Morgan fingerprint density at radius 3 is 2.69 bits per heavy atom. The molecule has 2 rings (SSSR count). The molecule has 0 aliphatic carbocycles. The molecular weight excluding hydrogens is 168 g/mol. The molecule has 1 N–H and O–H groups in total. The molecule has 0 aromatic heterocycles. The third kappa shape index (κ3) is 1.60. The van der Waals surface area contributed by atoms with Crippen LogP contribution in [0.3, 0.4) is 0 Å². The van der Waals surface area contributed by atoms with Gasteiger partial charge < -0.3 is 14.6 Å². The van der Waals surface area contributed by atoms with E-state index < -0.39 is 5.79 Å². The molecule has 0 saturated carbocycles. The van der Waals surface area contributed by atoms with E-state index in [4.69, 9.17) is 9.47 Å². The van der Waals surface area contributed by atoms with Gasteiger partial charge in [-0.1, -0.05) is 13.8 Å². The molecule has 0 aromatic rings. The zero-order chi connectivity index (χ0) is 9.47. The minimum Gasteiger partial charge on any atom is -0.390 e. The van der Waals surface area contributed by atoms with Gasteiger partial charge in [-0.3, -0.25) is 0 Å². The van der Waals surface area contributed by atoms with Crippen LogP contribution in [-0.4, -0.2) is 29.7 Å². The molecule has 1 spiro atoms. The molecular formula is C10H18O3. The van der Waals surface area contributed by atoms with Gasteiger partial charge in [-0.15, -0.1) is 0 Å². The maximum absolute atomic E-state index is 9.78. The van der Waals surface area contributed by atoms with E-state index in [1.54, 1.807) is 0 Å². The Morgan fingerprint density at radius 2 is 2.23 bits per heavy atom. The first-order chi connectivity index (χ1) is 6.13. The Hall–Kier alpha value is -0.120. The Bertz CT molecular complexity index is 185. The average Bonchev–Trinajstić information content (AvgIpc) is 2.60. The second-order valence-corrected chi connectivity index (χ2v) is 4.46. The summed E-state index contributed by atoms with van der Waals surface area (Å²) in [5, 5.41) is 9.78. The van der Waals surface area contributed by atoms with Crippen LogP contribution in [0.2, 0.25) is 0 Å². The molecule has 0 unspecified atom stereocenters. The molecule has 0 radical (unpaired) electrons. The maximum atomic E-state index is 9.78. The highest BCUT2D eigenvalue weighted by Gasteiger charge is 2.49. The molecule has 3 nitrogen and oxygen atoms in total. The quantitative estimate of drug-likeness (QED) is 0.671. The molecule has 0 aromatic carbocycles. The van der Waals surface area contributed by atoms with Gasteiger partial charge in [-0.25, -0.2) is 0 Å². The molecule has 2 aliphatic rings. The summed E-state index contributed by atoms with van der Waals surface area (Å²) in [6.45, 7) is 4.92. The zero-order valence-corrected chi connectivity index (χ0v) is 8.32. The van der Waals surface area contributed by atoms with Crippen molar-refractivity contribution in [3.8, 4) is 0 Å². The van der Waals surface area contributed by atoms with Gasteiger partial charge in [0, 0.05) is 12.8 Å². The van der Waals surface area contributed by atoms with Crippen LogP contribution in [0, 0.1) is 5.92 Å². The lowest BCUT2D eigenvalue weighted by Gasteiger charge is -2.24. The first kappa shape index (κ1) is 9.44. The van der Waals surface area contributed by atoms with Crippen molar-refractivity contribution in [2.75, 3.05) is 6.61 Å². The highest BCUT2D eigenvalue weighted by molar-refractivity contribution is 4.91. The lowest BCUT2D eigenvalue weighted by Crippen LogP contribution is -2.29. The zero-order valence-electron chi connectivity index (χ0n) is 8.32. The summed E-state index contributed by atoms with van der Waals surface area (Å²) in [5.74, 6) is -0.0764. The van der Waals surface area contributed by atoms with Gasteiger partial charge in [-0.2, -0.15) is 0 Å². The average molecular weight is 186 g/mol. The Kier molecular flexibility index (Phi) is 2.34. The number of hydrogen-bond donors (Lipinski definition) is 1. The van der Waals surface area contributed by atoms with E-state index in [1.165, 1.54) is 0 Å². The molecule has 3 heteroatoms. The van der Waals surface area contributed by atoms with Crippen molar-refractivity contribution in [3.05, 3.63) is 0 Å². The summed E-state index contributed by atoms with van der Waals surface area (Å²) < 4.78 is 11.4. The van der Waals surface area contributed by atoms with Gasteiger partial charge in [0.25, 0.3) is 0 Å². The summed E-state index contributed by atoms with van der Waals surface area (Å²) in [5.41, 5.74) is 0. The first-order valence-electron chi connectivity index (χ1n) is 5.13. The highest BCUT2D eigenvalue weighted by atomic mass is 16.7. The molecule has 76 valence electrons. The minimum atomic E-state index is -0.436. The van der Waals surface area contributed by atoms with Crippen LogP contribution in [0.5, 0.6) is 0 Å². The molecule has 0 bridgehead atoms. The van der Waals surface area contributed by atoms with E-state index in [2.05, 4.69) is 13.8 Å². The number of rotatable bonds is 1. The van der Waals surface area contributed by atoms with E-state index in [0.29, 0.717) is 12.3 Å². The monoisotopic (exact) mass is 186 g/mol.